The summed E-state index contributed by atoms with van der Waals surface area (Å²) in [5.41, 5.74) is 0.442. The van der Waals surface area contributed by atoms with E-state index in [1.54, 1.807) is 13.8 Å². The predicted molar refractivity (Wildman–Crippen MR) is 76.1 cm³/mol. The van der Waals surface area contributed by atoms with Crippen LogP contribution in [0.5, 0.6) is 0 Å². The topological polar surface area (TPSA) is 48.1 Å². The number of carbonyl (C=O) groups excluding carboxylic acids is 1. The molecule has 6 heteroatoms. The Hall–Kier alpha value is -1.79. The SMILES string of the molecule is CCOC(=O)C=Cc1c(F)cc(F)cc1[C@@H](C)OC[C@H]1CO1. The third-order valence-corrected chi connectivity index (χ3v) is 3.17. The van der Waals surface area contributed by atoms with Gasteiger partial charge >= 0.3 is 5.97 Å². The van der Waals surface area contributed by atoms with E-state index >= 15 is 0 Å². The van der Waals surface area contributed by atoms with Crippen LogP contribution in [0.1, 0.15) is 31.1 Å². The van der Waals surface area contributed by atoms with E-state index in [2.05, 4.69) is 0 Å². The minimum absolute atomic E-state index is 0.0550. The van der Waals surface area contributed by atoms with Crippen molar-refractivity contribution >= 4 is 12.0 Å². The molecule has 0 aliphatic carbocycles. The lowest BCUT2D eigenvalue weighted by Crippen LogP contribution is -2.09. The first kappa shape index (κ1) is 16.6. The van der Waals surface area contributed by atoms with Crippen LogP contribution in [0.15, 0.2) is 18.2 Å². The summed E-state index contributed by atoms with van der Waals surface area (Å²) in [6.07, 6.45) is 1.91. The second-order valence-corrected chi connectivity index (χ2v) is 4.91. The summed E-state index contributed by atoms with van der Waals surface area (Å²) in [7, 11) is 0. The highest BCUT2D eigenvalue weighted by Gasteiger charge is 2.24. The van der Waals surface area contributed by atoms with Gasteiger partial charge in [-0.15, -0.1) is 0 Å². The summed E-state index contributed by atoms with van der Waals surface area (Å²) in [6.45, 7) is 4.59. The van der Waals surface area contributed by atoms with Crippen LogP contribution in [-0.2, 0) is 19.0 Å². The van der Waals surface area contributed by atoms with Crippen molar-refractivity contribution in [3.8, 4) is 0 Å². The number of ether oxygens (including phenoxy) is 3. The second-order valence-electron chi connectivity index (χ2n) is 4.91. The maximum atomic E-state index is 14.0. The number of benzene rings is 1. The molecule has 1 aromatic rings. The molecule has 0 unspecified atom stereocenters. The number of hydrogen-bond donors (Lipinski definition) is 0. The fourth-order valence-corrected chi connectivity index (χ4v) is 1.96. The Morgan fingerprint density at radius 1 is 1.50 bits per heavy atom. The Morgan fingerprint density at radius 3 is 2.86 bits per heavy atom. The number of hydrogen-bond acceptors (Lipinski definition) is 4. The molecule has 1 fully saturated rings. The van der Waals surface area contributed by atoms with Crippen LogP contribution in [-0.4, -0.2) is 31.9 Å². The summed E-state index contributed by atoms with van der Waals surface area (Å²) in [6, 6.07) is 1.97. The van der Waals surface area contributed by atoms with Gasteiger partial charge in [0.1, 0.15) is 17.7 Å². The van der Waals surface area contributed by atoms with Crippen molar-refractivity contribution in [2.24, 2.45) is 0 Å². The molecule has 0 amide bonds. The Balaban J connectivity index is 2.20. The van der Waals surface area contributed by atoms with Crippen molar-refractivity contribution in [1.82, 2.24) is 0 Å². The molecule has 22 heavy (non-hydrogen) atoms. The highest BCUT2D eigenvalue weighted by molar-refractivity contribution is 5.87. The highest BCUT2D eigenvalue weighted by atomic mass is 19.1. The minimum Gasteiger partial charge on any atom is -0.463 e. The molecule has 1 aliphatic heterocycles. The molecule has 0 spiro atoms. The van der Waals surface area contributed by atoms with Gasteiger partial charge in [0.05, 0.1) is 25.9 Å². The van der Waals surface area contributed by atoms with Crippen molar-refractivity contribution < 1.29 is 27.8 Å². The smallest absolute Gasteiger partial charge is 0.330 e. The molecular weight excluding hydrogens is 294 g/mol. The molecule has 1 heterocycles. The molecule has 0 saturated carbocycles. The lowest BCUT2D eigenvalue weighted by Gasteiger charge is -2.16. The summed E-state index contributed by atoms with van der Waals surface area (Å²) in [4.78, 5) is 11.3. The third-order valence-electron chi connectivity index (χ3n) is 3.17. The van der Waals surface area contributed by atoms with Gasteiger partial charge in [-0.25, -0.2) is 13.6 Å². The van der Waals surface area contributed by atoms with E-state index in [1.807, 2.05) is 0 Å². The molecule has 2 atom stereocenters. The number of halogens is 2. The molecule has 0 bridgehead atoms. The van der Waals surface area contributed by atoms with Crippen molar-refractivity contribution in [3.05, 3.63) is 41.0 Å². The average molecular weight is 312 g/mol. The van der Waals surface area contributed by atoms with Crippen molar-refractivity contribution in [1.29, 1.82) is 0 Å². The van der Waals surface area contributed by atoms with E-state index in [4.69, 9.17) is 14.2 Å². The number of esters is 1. The van der Waals surface area contributed by atoms with Gasteiger partial charge in [0.25, 0.3) is 0 Å². The van der Waals surface area contributed by atoms with Crippen LogP contribution in [0.2, 0.25) is 0 Å². The van der Waals surface area contributed by atoms with E-state index in [1.165, 1.54) is 12.1 Å². The van der Waals surface area contributed by atoms with Crippen LogP contribution in [0.25, 0.3) is 6.08 Å². The zero-order chi connectivity index (χ0) is 16.1. The summed E-state index contributed by atoms with van der Waals surface area (Å²) in [5, 5.41) is 0. The predicted octanol–water partition coefficient (Wildman–Crippen LogP) is 3.02. The van der Waals surface area contributed by atoms with E-state index in [0.29, 0.717) is 18.8 Å². The summed E-state index contributed by atoms with van der Waals surface area (Å²) < 4.78 is 42.8. The second kappa shape index (κ2) is 7.47. The Morgan fingerprint density at radius 2 is 2.23 bits per heavy atom. The van der Waals surface area contributed by atoms with Crippen LogP contribution in [0.4, 0.5) is 8.78 Å². The molecular formula is C16H18F2O4. The zero-order valence-electron chi connectivity index (χ0n) is 12.5. The van der Waals surface area contributed by atoms with Crippen LogP contribution >= 0.6 is 0 Å². The number of epoxide rings is 1. The van der Waals surface area contributed by atoms with E-state index < -0.39 is 23.7 Å². The van der Waals surface area contributed by atoms with Crippen molar-refractivity contribution in [3.63, 3.8) is 0 Å². The van der Waals surface area contributed by atoms with Gasteiger partial charge in [0, 0.05) is 17.7 Å². The normalized spacial score (nSPS) is 18.5. The van der Waals surface area contributed by atoms with E-state index in [-0.39, 0.29) is 18.3 Å². The Kier molecular flexibility index (Phi) is 5.63. The molecule has 1 saturated heterocycles. The molecule has 4 nitrogen and oxygen atoms in total. The first-order valence-corrected chi connectivity index (χ1v) is 7.08. The van der Waals surface area contributed by atoms with Crippen LogP contribution in [0, 0.1) is 11.6 Å². The quantitative estimate of drug-likeness (QED) is 0.441. The summed E-state index contributed by atoms with van der Waals surface area (Å²) >= 11 is 0. The molecule has 0 aromatic heterocycles. The van der Waals surface area contributed by atoms with Crippen molar-refractivity contribution in [2.45, 2.75) is 26.1 Å². The van der Waals surface area contributed by atoms with Gasteiger partial charge < -0.3 is 14.2 Å². The molecule has 0 N–H and O–H groups in total. The maximum absolute atomic E-state index is 14.0. The van der Waals surface area contributed by atoms with Gasteiger partial charge in [-0.2, -0.15) is 0 Å². The van der Waals surface area contributed by atoms with Gasteiger partial charge in [-0.05, 0) is 31.6 Å². The molecule has 2 rings (SSSR count). The van der Waals surface area contributed by atoms with Crippen LogP contribution in [0.3, 0.4) is 0 Å². The molecule has 1 aromatic carbocycles. The average Bonchev–Trinajstić information content (AvgIpc) is 3.27. The summed E-state index contributed by atoms with van der Waals surface area (Å²) in [5.74, 6) is -2.04. The minimum atomic E-state index is -0.756. The third kappa shape index (κ3) is 4.61. The van der Waals surface area contributed by atoms with Crippen molar-refractivity contribution in [2.75, 3.05) is 19.8 Å². The zero-order valence-corrected chi connectivity index (χ0v) is 12.5. The maximum Gasteiger partial charge on any atom is 0.330 e. The largest absolute Gasteiger partial charge is 0.463 e. The van der Waals surface area contributed by atoms with E-state index in [0.717, 1.165) is 12.1 Å². The van der Waals surface area contributed by atoms with E-state index in [9.17, 15) is 13.6 Å². The highest BCUT2D eigenvalue weighted by Crippen LogP contribution is 2.27. The standard InChI is InChI=1S/C16H18F2O4/c1-3-20-16(19)5-4-13-14(6-11(17)7-15(13)18)10(2)21-8-12-9-22-12/h4-7,10,12H,3,8-9H2,1-2H3/t10-,12+/m1/s1. The number of carbonyl (C=O) groups is 1. The number of rotatable bonds is 7. The van der Waals surface area contributed by atoms with Gasteiger partial charge in [0.2, 0.25) is 0 Å². The fourth-order valence-electron chi connectivity index (χ4n) is 1.96. The first-order chi connectivity index (χ1) is 10.5. The lowest BCUT2D eigenvalue weighted by atomic mass is 10.0. The van der Waals surface area contributed by atoms with Gasteiger partial charge in [0.15, 0.2) is 0 Å². The van der Waals surface area contributed by atoms with Crippen LogP contribution < -0.4 is 0 Å². The molecule has 120 valence electrons. The molecule has 1 aliphatic rings. The monoisotopic (exact) mass is 312 g/mol. The Bertz CT molecular complexity index is 568. The van der Waals surface area contributed by atoms with Gasteiger partial charge in [-0.3, -0.25) is 0 Å². The first-order valence-electron chi connectivity index (χ1n) is 7.08. The van der Waals surface area contributed by atoms with Gasteiger partial charge in [-0.1, -0.05) is 0 Å². The Labute approximate surface area is 127 Å². The fraction of sp³-hybridized carbons (Fsp3) is 0.438. The lowest BCUT2D eigenvalue weighted by molar-refractivity contribution is -0.137. The molecule has 0 radical (unpaired) electrons.